The summed E-state index contributed by atoms with van der Waals surface area (Å²) in [6.07, 6.45) is 3.15. The van der Waals surface area contributed by atoms with E-state index in [1.54, 1.807) is 18.4 Å². The second-order valence-electron chi connectivity index (χ2n) is 5.55. The van der Waals surface area contributed by atoms with Crippen molar-refractivity contribution in [2.75, 3.05) is 26.2 Å². The predicted molar refractivity (Wildman–Crippen MR) is 85.4 cm³/mol. The maximum absolute atomic E-state index is 12.3. The number of aromatic nitrogens is 1. The summed E-state index contributed by atoms with van der Waals surface area (Å²) in [5, 5.41) is 0. The number of rotatable bonds is 6. The molecular formula is C16H19F2N3OS. The number of alkyl halides is 2. The first kappa shape index (κ1) is 16.4. The molecule has 0 atom stereocenters. The van der Waals surface area contributed by atoms with E-state index in [-0.39, 0.29) is 0 Å². The van der Waals surface area contributed by atoms with Gasteiger partial charge in [-0.3, -0.25) is 9.80 Å². The summed E-state index contributed by atoms with van der Waals surface area (Å²) >= 11 is 0.588. The molecule has 4 nitrogen and oxygen atoms in total. The topological polar surface area (TPSA) is 32.5 Å². The molecule has 1 aromatic carbocycles. The second-order valence-corrected chi connectivity index (χ2v) is 6.62. The number of halogens is 2. The van der Waals surface area contributed by atoms with E-state index in [0.717, 1.165) is 50.5 Å². The maximum Gasteiger partial charge on any atom is 0.288 e. The van der Waals surface area contributed by atoms with Gasteiger partial charge >= 0.3 is 0 Å². The van der Waals surface area contributed by atoms with Crippen LogP contribution in [-0.4, -0.2) is 46.7 Å². The first-order valence-electron chi connectivity index (χ1n) is 7.54. The molecule has 3 rings (SSSR count). The van der Waals surface area contributed by atoms with Gasteiger partial charge in [0.1, 0.15) is 6.26 Å². The van der Waals surface area contributed by atoms with Crippen molar-refractivity contribution in [2.24, 2.45) is 0 Å². The zero-order valence-corrected chi connectivity index (χ0v) is 13.5. The van der Waals surface area contributed by atoms with Crippen LogP contribution >= 0.6 is 11.8 Å². The van der Waals surface area contributed by atoms with Gasteiger partial charge in [0.15, 0.2) is 6.39 Å². The fourth-order valence-electron chi connectivity index (χ4n) is 2.68. The molecule has 0 saturated carbocycles. The summed E-state index contributed by atoms with van der Waals surface area (Å²) in [7, 11) is 0. The van der Waals surface area contributed by atoms with Crippen LogP contribution in [0.5, 0.6) is 0 Å². The van der Waals surface area contributed by atoms with Crippen LogP contribution in [0.25, 0.3) is 0 Å². The Bertz CT molecular complexity index is 584. The molecule has 0 spiro atoms. The molecule has 7 heteroatoms. The van der Waals surface area contributed by atoms with Gasteiger partial charge in [-0.1, -0.05) is 23.9 Å². The van der Waals surface area contributed by atoms with Gasteiger partial charge in [-0.2, -0.15) is 8.78 Å². The molecule has 1 fully saturated rings. The van der Waals surface area contributed by atoms with Crippen molar-refractivity contribution in [1.82, 2.24) is 14.8 Å². The van der Waals surface area contributed by atoms with Crippen LogP contribution in [-0.2, 0) is 13.1 Å². The Hall–Kier alpha value is -1.44. The SMILES string of the molecule is FC(F)Sc1ccc(CN2CCN(Cc3cocn3)CC2)cc1. The standard InChI is InChI=1S/C16H19F2N3OS/c17-16(18)23-15-3-1-13(2-4-15)9-20-5-7-21(8-6-20)10-14-11-22-12-19-14/h1-4,11-12,16H,5-10H2. The Balaban J connectivity index is 1.45. The Morgan fingerprint density at radius 1 is 1.04 bits per heavy atom. The van der Waals surface area contributed by atoms with E-state index in [1.807, 2.05) is 12.1 Å². The Morgan fingerprint density at radius 2 is 1.70 bits per heavy atom. The van der Waals surface area contributed by atoms with Crippen molar-refractivity contribution in [2.45, 2.75) is 23.7 Å². The summed E-state index contributed by atoms with van der Waals surface area (Å²) in [6, 6.07) is 7.42. The third-order valence-corrected chi connectivity index (χ3v) is 4.61. The van der Waals surface area contributed by atoms with Gasteiger partial charge in [-0.25, -0.2) is 4.98 Å². The summed E-state index contributed by atoms with van der Waals surface area (Å²) < 4.78 is 29.6. The molecule has 0 unspecified atom stereocenters. The quantitative estimate of drug-likeness (QED) is 0.754. The second kappa shape index (κ2) is 7.90. The fourth-order valence-corrected chi connectivity index (χ4v) is 3.18. The monoisotopic (exact) mass is 339 g/mol. The molecule has 1 aromatic heterocycles. The lowest BCUT2D eigenvalue weighted by Crippen LogP contribution is -2.45. The average Bonchev–Trinajstić information content (AvgIpc) is 3.04. The summed E-state index contributed by atoms with van der Waals surface area (Å²) in [6.45, 7) is 5.65. The van der Waals surface area contributed by atoms with Crippen LogP contribution in [0.1, 0.15) is 11.3 Å². The smallest absolute Gasteiger partial charge is 0.288 e. The van der Waals surface area contributed by atoms with Gasteiger partial charge in [0, 0.05) is 44.2 Å². The maximum atomic E-state index is 12.3. The fraction of sp³-hybridized carbons (Fsp3) is 0.438. The highest BCUT2D eigenvalue weighted by Crippen LogP contribution is 2.25. The van der Waals surface area contributed by atoms with Crippen LogP contribution in [0.3, 0.4) is 0 Å². The molecule has 23 heavy (non-hydrogen) atoms. The molecule has 0 radical (unpaired) electrons. The summed E-state index contributed by atoms with van der Waals surface area (Å²) in [5.41, 5.74) is 2.12. The third-order valence-electron chi connectivity index (χ3n) is 3.89. The molecule has 2 aromatic rings. The lowest BCUT2D eigenvalue weighted by atomic mass is 10.2. The highest BCUT2D eigenvalue weighted by molar-refractivity contribution is 7.99. The minimum atomic E-state index is -2.36. The van der Waals surface area contributed by atoms with Gasteiger partial charge in [0.25, 0.3) is 5.76 Å². The molecule has 124 valence electrons. The lowest BCUT2D eigenvalue weighted by Gasteiger charge is -2.34. The van der Waals surface area contributed by atoms with Crippen LogP contribution in [0.15, 0.2) is 46.2 Å². The van der Waals surface area contributed by atoms with Crippen LogP contribution in [0.4, 0.5) is 8.78 Å². The highest BCUT2D eigenvalue weighted by Gasteiger charge is 2.17. The zero-order valence-electron chi connectivity index (χ0n) is 12.7. The first-order chi connectivity index (χ1) is 11.2. The molecule has 2 heterocycles. The number of thioether (sulfide) groups is 1. The van der Waals surface area contributed by atoms with E-state index in [4.69, 9.17) is 4.42 Å². The number of piperazine rings is 1. The average molecular weight is 339 g/mol. The Kier molecular flexibility index (Phi) is 5.64. The molecule has 1 saturated heterocycles. The van der Waals surface area contributed by atoms with Gasteiger partial charge in [0.05, 0.1) is 5.69 Å². The van der Waals surface area contributed by atoms with Crippen molar-refractivity contribution >= 4 is 11.8 Å². The van der Waals surface area contributed by atoms with E-state index in [9.17, 15) is 8.78 Å². The Labute approximate surface area is 138 Å². The molecule has 0 aliphatic carbocycles. The number of benzene rings is 1. The minimum Gasteiger partial charge on any atom is -0.451 e. The largest absolute Gasteiger partial charge is 0.451 e. The van der Waals surface area contributed by atoms with E-state index in [2.05, 4.69) is 14.8 Å². The van der Waals surface area contributed by atoms with Crippen LogP contribution < -0.4 is 0 Å². The van der Waals surface area contributed by atoms with E-state index < -0.39 is 5.76 Å². The van der Waals surface area contributed by atoms with Gasteiger partial charge < -0.3 is 4.42 Å². The number of oxazole rings is 1. The highest BCUT2D eigenvalue weighted by atomic mass is 32.2. The minimum absolute atomic E-state index is 0.588. The molecular weight excluding hydrogens is 320 g/mol. The van der Waals surface area contributed by atoms with E-state index in [0.29, 0.717) is 16.7 Å². The molecule has 1 aliphatic rings. The van der Waals surface area contributed by atoms with Crippen molar-refractivity contribution < 1.29 is 13.2 Å². The summed E-state index contributed by atoms with van der Waals surface area (Å²) in [4.78, 5) is 9.50. The number of hydrogen-bond donors (Lipinski definition) is 0. The summed E-state index contributed by atoms with van der Waals surface area (Å²) in [5.74, 6) is -2.36. The first-order valence-corrected chi connectivity index (χ1v) is 8.42. The molecule has 0 N–H and O–H groups in total. The third kappa shape index (κ3) is 5.02. The zero-order chi connectivity index (χ0) is 16.1. The molecule has 0 bridgehead atoms. The van der Waals surface area contributed by atoms with E-state index >= 15 is 0 Å². The van der Waals surface area contributed by atoms with E-state index in [1.165, 1.54) is 6.39 Å². The van der Waals surface area contributed by atoms with Gasteiger partial charge in [0.2, 0.25) is 0 Å². The van der Waals surface area contributed by atoms with Gasteiger partial charge in [-0.15, -0.1) is 0 Å². The van der Waals surface area contributed by atoms with Crippen molar-refractivity contribution in [3.8, 4) is 0 Å². The normalized spacial score (nSPS) is 17.0. The number of nitrogens with zero attached hydrogens (tertiary/aromatic N) is 3. The predicted octanol–water partition coefficient (Wildman–Crippen LogP) is 3.31. The molecule has 0 amide bonds. The van der Waals surface area contributed by atoms with Crippen LogP contribution in [0, 0.1) is 0 Å². The van der Waals surface area contributed by atoms with Crippen molar-refractivity contribution in [3.05, 3.63) is 48.2 Å². The van der Waals surface area contributed by atoms with Crippen LogP contribution in [0.2, 0.25) is 0 Å². The number of hydrogen-bond acceptors (Lipinski definition) is 5. The van der Waals surface area contributed by atoms with Crippen molar-refractivity contribution in [3.63, 3.8) is 0 Å². The Morgan fingerprint density at radius 3 is 2.26 bits per heavy atom. The molecule has 1 aliphatic heterocycles. The van der Waals surface area contributed by atoms with Gasteiger partial charge in [-0.05, 0) is 17.7 Å². The van der Waals surface area contributed by atoms with Crippen molar-refractivity contribution in [1.29, 1.82) is 0 Å². The lowest BCUT2D eigenvalue weighted by molar-refractivity contribution is 0.121.